The second kappa shape index (κ2) is 9.29. The van der Waals surface area contributed by atoms with Crippen LogP contribution in [0.15, 0.2) is 24.3 Å². The molecule has 0 radical (unpaired) electrons. The molecule has 1 aliphatic heterocycles. The molecule has 1 fully saturated rings. The molecule has 1 aromatic carbocycles. The van der Waals surface area contributed by atoms with Gasteiger partial charge < -0.3 is 15.3 Å². The molecule has 2 rings (SSSR count). The molecule has 0 saturated carbocycles. The molecule has 1 saturated heterocycles. The summed E-state index contributed by atoms with van der Waals surface area (Å²) in [5.41, 5.74) is 1.86. The summed E-state index contributed by atoms with van der Waals surface area (Å²) in [6.07, 6.45) is 3.14. The molecule has 5 nitrogen and oxygen atoms in total. The molecule has 0 atom stereocenters. The summed E-state index contributed by atoms with van der Waals surface area (Å²) in [4.78, 5) is 14.4. The van der Waals surface area contributed by atoms with E-state index in [4.69, 9.17) is 5.26 Å². The van der Waals surface area contributed by atoms with Crippen molar-refractivity contribution in [2.45, 2.75) is 38.2 Å². The summed E-state index contributed by atoms with van der Waals surface area (Å²) in [6.45, 7) is 3.50. The van der Waals surface area contributed by atoms with Crippen LogP contribution in [0.4, 0.5) is 0 Å². The smallest absolute Gasteiger partial charge is 0.224 e. The van der Waals surface area contributed by atoms with Crippen molar-refractivity contribution in [1.82, 2.24) is 10.2 Å². The first-order chi connectivity index (χ1) is 11.2. The zero-order valence-corrected chi connectivity index (χ0v) is 13.5. The Morgan fingerprint density at radius 3 is 2.70 bits per heavy atom. The minimum Gasteiger partial charge on any atom is -0.393 e. The van der Waals surface area contributed by atoms with E-state index in [0.717, 1.165) is 50.0 Å². The Bertz CT molecular complexity index is 545. The highest BCUT2D eigenvalue weighted by molar-refractivity contribution is 5.78. The summed E-state index contributed by atoms with van der Waals surface area (Å²) in [5.74, 6) is 0.00413. The number of hydrogen-bond acceptors (Lipinski definition) is 4. The molecular formula is C18H25N3O2. The topological polar surface area (TPSA) is 76.4 Å². The molecule has 5 heteroatoms. The Balaban J connectivity index is 1.66. The van der Waals surface area contributed by atoms with E-state index in [1.165, 1.54) is 0 Å². The van der Waals surface area contributed by atoms with E-state index in [2.05, 4.69) is 16.3 Å². The number of likely N-dealkylation sites (tertiary alicyclic amines) is 1. The number of carbonyl (C=O) groups is 1. The number of aliphatic hydroxyl groups is 1. The van der Waals surface area contributed by atoms with E-state index in [1.54, 1.807) is 0 Å². The fourth-order valence-electron chi connectivity index (χ4n) is 2.90. The number of nitrogens with one attached hydrogen (secondary N) is 1. The molecule has 0 aromatic heterocycles. The van der Waals surface area contributed by atoms with E-state index < -0.39 is 0 Å². The molecule has 1 heterocycles. The van der Waals surface area contributed by atoms with E-state index >= 15 is 0 Å². The van der Waals surface area contributed by atoms with E-state index in [9.17, 15) is 9.90 Å². The van der Waals surface area contributed by atoms with Crippen LogP contribution in [0.25, 0.3) is 0 Å². The number of nitriles is 1. The van der Waals surface area contributed by atoms with Gasteiger partial charge in [-0.25, -0.2) is 0 Å². The summed E-state index contributed by atoms with van der Waals surface area (Å²) in [7, 11) is 0. The van der Waals surface area contributed by atoms with Crippen molar-refractivity contribution in [1.29, 1.82) is 5.26 Å². The maximum atomic E-state index is 12.0. The Labute approximate surface area is 137 Å². The maximum absolute atomic E-state index is 12.0. The van der Waals surface area contributed by atoms with Gasteiger partial charge in [0.15, 0.2) is 0 Å². The molecule has 0 spiro atoms. The van der Waals surface area contributed by atoms with Gasteiger partial charge in [0, 0.05) is 19.6 Å². The van der Waals surface area contributed by atoms with Gasteiger partial charge >= 0.3 is 0 Å². The van der Waals surface area contributed by atoms with Crippen molar-refractivity contribution in [2.24, 2.45) is 0 Å². The van der Waals surface area contributed by atoms with Crippen molar-refractivity contribution in [3.63, 3.8) is 0 Å². The normalized spacial score (nSPS) is 16.0. The minimum absolute atomic E-state index is 0.00413. The second-order valence-corrected chi connectivity index (χ2v) is 6.06. The number of benzene rings is 1. The number of amides is 1. The molecule has 1 amide bonds. The molecule has 0 bridgehead atoms. The van der Waals surface area contributed by atoms with Crippen molar-refractivity contribution in [3.8, 4) is 6.07 Å². The number of piperidine rings is 1. The Hall–Kier alpha value is -1.90. The Morgan fingerprint density at radius 2 is 2.00 bits per heavy atom. The highest BCUT2D eigenvalue weighted by atomic mass is 16.3. The van der Waals surface area contributed by atoms with Crippen LogP contribution in [-0.2, 0) is 17.6 Å². The third-order valence-corrected chi connectivity index (χ3v) is 4.27. The van der Waals surface area contributed by atoms with Crippen LogP contribution < -0.4 is 5.32 Å². The minimum atomic E-state index is -0.139. The summed E-state index contributed by atoms with van der Waals surface area (Å²) < 4.78 is 0. The third-order valence-electron chi connectivity index (χ3n) is 4.27. The lowest BCUT2D eigenvalue weighted by molar-refractivity contribution is -0.120. The Morgan fingerprint density at radius 1 is 1.30 bits per heavy atom. The van der Waals surface area contributed by atoms with Gasteiger partial charge in [-0.05, 0) is 36.9 Å². The number of aliphatic hydroxyl groups excluding tert-OH is 1. The largest absolute Gasteiger partial charge is 0.393 e. The molecule has 23 heavy (non-hydrogen) atoms. The lowest BCUT2D eigenvalue weighted by atomic mass is 10.0. The van der Waals surface area contributed by atoms with Gasteiger partial charge in [0.25, 0.3) is 0 Å². The lowest BCUT2D eigenvalue weighted by Gasteiger charge is -2.29. The lowest BCUT2D eigenvalue weighted by Crippen LogP contribution is -2.37. The highest BCUT2D eigenvalue weighted by Gasteiger charge is 2.16. The quantitative estimate of drug-likeness (QED) is 0.743. The highest BCUT2D eigenvalue weighted by Crippen LogP contribution is 2.11. The van der Waals surface area contributed by atoms with Gasteiger partial charge in [0.1, 0.15) is 0 Å². The SMILES string of the molecule is N#CCc1ccccc1CC(=O)NCCCN1CCC(O)CC1. The van der Waals surface area contributed by atoms with Gasteiger partial charge in [-0.2, -0.15) is 5.26 Å². The van der Waals surface area contributed by atoms with E-state index in [-0.39, 0.29) is 12.0 Å². The van der Waals surface area contributed by atoms with Crippen LogP contribution >= 0.6 is 0 Å². The number of carbonyl (C=O) groups excluding carboxylic acids is 1. The van der Waals surface area contributed by atoms with E-state index in [0.29, 0.717) is 19.4 Å². The van der Waals surface area contributed by atoms with Crippen LogP contribution in [0.3, 0.4) is 0 Å². The fraction of sp³-hybridized carbons (Fsp3) is 0.556. The average Bonchev–Trinajstić information content (AvgIpc) is 2.55. The molecular weight excluding hydrogens is 290 g/mol. The average molecular weight is 315 g/mol. The van der Waals surface area contributed by atoms with Crippen LogP contribution in [0.5, 0.6) is 0 Å². The zero-order valence-electron chi connectivity index (χ0n) is 13.5. The molecule has 124 valence electrons. The Kier molecular flexibility index (Phi) is 7.05. The van der Waals surface area contributed by atoms with Crippen molar-refractivity contribution < 1.29 is 9.90 Å². The standard InChI is InChI=1S/C18H25N3O2/c19-9-6-15-4-1-2-5-16(15)14-18(23)20-10-3-11-21-12-7-17(22)8-13-21/h1-2,4-5,17,22H,3,6-8,10-14H2,(H,20,23). The molecule has 0 unspecified atom stereocenters. The summed E-state index contributed by atoms with van der Waals surface area (Å²) in [6, 6.07) is 9.73. The molecule has 1 aromatic rings. The first-order valence-corrected chi connectivity index (χ1v) is 8.30. The van der Waals surface area contributed by atoms with Gasteiger partial charge in [-0.15, -0.1) is 0 Å². The first kappa shape index (κ1) is 17.5. The molecule has 0 aliphatic carbocycles. The predicted molar refractivity (Wildman–Crippen MR) is 88.8 cm³/mol. The zero-order chi connectivity index (χ0) is 16.5. The number of rotatable bonds is 7. The van der Waals surface area contributed by atoms with Crippen LogP contribution in [-0.4, -0.2) is 48.2 Å². The van der Waals surface area contributed by atoms with Crippen molar-refractivity contribution >= 4 is 5.91 Å². The predicted octanol–water partition coefficient (Wildman–Crippen LogP) is 1.26. The second-order valence-electron chi connectivity index (χ2n) is 6.06. The summed E-state index contributed by atoms with van der Waals surface area (Å²) >= 11 is 0. The molecule has 2 N–H and O–H groups in total. The van der Waals surface area contributed by atoms with Crippen molar-refractivity contribution in [2.75, 3.05) is 26.2 Å². The first-order valence-electron chi connectivity index (χ1n) is 8.30. The van der Waals surface area contributed by atoms with Crippen LogP contribution in [0, 0.1) is 11.3 Å². The van der Waals surface area contributed by atoms with Crippen LogP contribution in [0.2, 0.25) is 0 Å². The maximum Gasteiger partial charge on any atom is 0.224 e. The van der Waals surface area contributed by atoms with Gasteiger partial charge in [-0.1, -0.05) is 24.3 Å². The third kappa shape index (κ3) is 6.01. The monoisotopic (exact) mass is 315 g/mol. The van der Waals surface area contributed by atoms with Crippen molar-refractivity contribution in [3.05, 3.63) is 35.4 Å². The van der Waals surface area contributed by atoms with E-state index in [1.807, 2.05) is 24.3 Å². The fourth-order valence-corrected chi connectivity index (χ4v) is 2.90. The number of hydrogen-bond donors (Lipinski definition) is 2. The summed E-state index contributed by atoms with van der Waals surface area (Å²) in [5, 5.41) is 21.2. The van der Waals surface area contributed by atoms with Gasteiger partial charge in [0.05, 0.1) is 25.0 Å². The van der Waals surface area contributed by atoms with Crippen LogP contribution in [0.1, 0.15) is 30.4 Å². The molecule has 1 aliphatic rings. The van der Waals surface area contributed by atoms with Gasteiger partial charge in [0.2, 0.25) is 5.91 Å². The number of nitrogens with zero attached hydrogens (tertiary/aromatic N) is 2. The van der Waals surface area contributed by atoms with Gasteiger partial charge in [-0.3, -0.25) is 4.79 Å².